The molecule has 2 bridgehead atoms. The van der Waals surface area contributed by atoms with E-state index in [0.29, 0.717) is 11.8 Å². The summed E-state index contributed by atoms with van der Waals surface area (Å²) in [5, 5.41) is 54.2. The number of aliphatic hydroxyl groups is 3. The number of hydrogen-bond donors (Lipinski definition) is 6. The Morgan fingerprint density at radius 3 is 2.33 bits per heavy atom. The molecule has 0 radical (unpaired) electrons. The second kappa shape index (κ2) is 10.3. The van der Waals surface area contributed by atoms with Gasteiger partial charge in [0.05, 0.1) is 11.6 Å². The van der Waals surface area contributed by atoms with Crippen molar-refractivity contribution in [3.05, 3.63) is 48.7 Å². The second-order valence-electron chi connectivity index (χ2n) is 8.36. The Morgan fingerprint density at radius 1 is 1.12 bits per heavy atom. The van der Waals surface area contributed by atoms with Crippen LogP contribution in [0.2, 0.25) is 0 Å². The van der Waals surface area contributed by atoms with Crippen molar-refractivity contribution in [1.82, 2.24) is 9.88 Å². The quantitative estimate of drug-likeness (QED) is 0.338. The molecular formula is C23H28N2O8. The van der Waals surface area contributed by atoms with E-state index in [-0.39, 0.29) is 11.8 Å². The molecule has 3 fully saturated rings. The van der Waals surface area contributed by atoms with Gasteiger partial charge in [-0.05, 0) is 61.1 Å². The van der Waals surface area contributed by atoms with Crippen molar-refractivity contribution >= 4 is 22.8 Å². The summed E-state index contributed by atoms with van der Waals surface area (Å²) in [4.78, 5) is 26.3. The number of benzene rings is 1. The molecule has 2 aromatic rings. The van der Waals surface area contributed by atoms with Crippen LogP contribution >= 0.6 is 0 Å². The van der Waals surface area contributed by atoms with Gasteiger partial charge < -0.3 is 30.6 Å². The molecule has 4 heterocycles. The molecule has 6 N–H and O–H groups in total. The number of nitrogens with zero attached hydrogens (tertiary/aromatic N) is 2. The number of piperidine rings is 3. The highest BCUT2D eigenvalue weighted by Gasteiger charge is 2.42. The van der Waals surface area contributed by atoms with Gasteiger partial charge in [0.2, 0.25) is 0 Å². The van der Waals surface area contributed by atoms with Crippen LogP contribution in [0.4, 0.5) is 0 Å². The molecule has 178 valence electrons. The van der Waals surface area contributed by atoms with Crippen LogP contribution in [0.25, 0.3) is 10.9 Å². The number of carboxylic acids is 2. The van der Waals surface area contributed by atoms with Crippen LogP contribution in [0.15, 0.2) is 43.1 Å². The van der Waals surface area contributed by atoms with E-state index in [0.717, 1.165) is 36.0 Å². The Morgan fingerprint density at radius 2 is 1.79 bits per heavy atom. The van der Waals surface area contributed by atoms with Gasteiger partial charge in [-0.25, -0.2) is 9.59 Å². The molecule has 0 amide bonds. The molecule has 0 aliphatic carbocycles. The van der Waals surface area contributed by atoms with E-state index < -0.39 is 30.3 Å². The summed E-state index contributed by atoms with van der Waals surface area (Å²) in [6.45, 7) is 5.99. The molecule has 3 aliphatic rings. The Hall–Kier alpha value is -3.05. The molecule has 33 heavy (non-hydrogen) atoms. The van der Waals surface area contributed by atoms with Crippen molar-refractivity contribution in [2.45, 2.75) is 37.2 Å². The summed E-state index contributed by atoms with van der Waals surface area (Å²) in [5.41, 5.74) is 1.66. The van der Waals surface area contributed by atoms with Crippen LogP contribution in [0.3, 0.4) is 0 Å². The van der Waals surface area contributed by atoms with Crippen LogP contribution in [-0.2, 0) is 9.59 Å². The van der Waals surface area contributed by atoms with E-state index in [1.54, 1.807) is 24.4 Å². The molecule has 0 saturated carbocycles. The standard InChI is InChI=1S/C19H22N2O2.C4H6O6/c1-2-12-11-21-8-6-13(12)9-18(21)19(23)15-5-7-20-17-4-3-14(22)10-16(15)17;5-1(3(7)8)2(6)4(9)10/h2-5,7,10,12-13,18-19,22-23H,1,6,8-9,11H2;1-2,5-6H,(H,7,8)(H,9,10)/t12?,13?,18?,19-;/m1./s1. The summed E-state index contributed by atoms with van der Waals surface area (Å²) in [7, 11) is 0. The highest BCUT2D eigenvalue weighted by atomic mass is 16.4. The molecule has 1 aromatic carbocycles. The fraction of sp³-hybridized carbons (Fsp3) is 0.435. The maximum Gasteiger partial charge on any atom is 0.335 e. The number of aromatic nitrogens is 1. The number of fused-ring (bicyclic) bond motifs is 4. The molecule has 3 saturated heterocycles. The van der Waals surface area contributed by atoms with Gasteiger partial charge in [0.1, 0.15) is 5.75 Å². The van der Waals surface area contributed by atoms with Crippen molar-refractivity contribution in [3.63, 3.8) is 0 Å². The summed E-state index contributed by atoms with van der Waals surface area (Å²) >= 11 is 0. The monoisotopic (exact) mass is 460 g/mol. The molecule has 5 rings (SSSR count). The second-order valence-corrected chi connectivity index (χ2v) is 8.36. The van der Waals surface area contributed by atoms with Gasteiger partial charge in [0.15, 0.2) is 12.2 Å². The number of phenolic OH excluding ortho intramolecular Hbond substituents is 1. The maximum atomic E-state index is 11.0. The van der Waals surface area contributed by atoms with Crippen LogP contribution < -0.4 is 0 Å². The van der Waals surface area contributed by atoms with E-state index in [2.05, 4.69) is 22.5 Å². The number of aromatic hydroxyl groups is 1. The molecule has 10 nitrogen and oxygen atoms in total. The lowest BCUT2D eigenvalue weighted by molar-refractivity contribution is -0.165. The van der Waals surface area contributed by atoms with Crippen molar-refractivity contribution in [1.29, 1.82) is 0 Å². The van der Waals surface area contributed by atoms with Crippen LogP contribution in [-0.4, -0.2) is 83.8 Å². The number of phenols is 1. The smallest absolute Gasteiger partial charge is 0.335 e. The molecule has 7 atom stereocenters. The highest BCUT2D eigenvalue weighted by Crippen LogP contribution is 2.42. The maximum absolute atomic E-state index is 11.0. The van der Waals surface area contributed by atoms with E-state index in [9.17, 15) is 19.8 Å². The Balaban J connectivity index is 0.000000262. The fourth-order valence-corrected chi connectivity index (χ4v) is 4.60. The summed E-state index contributed by atoms with van der Waals surface area (Å²) in [6.07, 6.45) is 0.907. The van der Waals surface area contributed by atoms with Crippen molar-refractivity contribution in [2.75, 3.05) is 13.1 Å². The SMILES string of the molecule is C=CC1CN2CCC1CC2[C@H](O)c1ccnc2ccc(O)cc12.O=C(O)C(O)C(O)C(=O)O. The number of rotatable bonds is 6. The molecule has 0 spiro atoms. The van der Waals surface area contributed by atoms with Crippen LogP contribution in [0.1, 0.15) is 24.5 Å². The van der Waals surface area contributed by atoms with Gasteiger partial charge in [-0.1, -0.05) is 6.08 Å². The zero-order valence-electron chi connectivity index (χ0n) is 17.9. The molecule has 3 aliphatic heterocycles. The first kappa shape index (κ1) is 24.6. The zero-order valence-corrected chi connectivity index (χ0v) is 17.9. The Labute approximate surface area is 190 Å². The largest absolute Gasteiger partial charge is 0.508 e. The van der Waals surface area contributed by atoms with E-state index in [1.165, 1.54) is 6.42 Å². The first-order valence-electron chi connectivity index (χ1n) is 10.6. The average molecular weight is 460 g/mol. The lowest BCUT2D eigenvalue weighted by Gasteiger charge is -2.50. The minimum atomic E-state index is -2.27. The van der Waals surface area contributed by atoms with Gasteiger partial charge in [0, 0.05) is 24.2 Å². The van der Waals surface area contributed by atoms with Gasteiger partial charge in [-0.3, -0.25) is 9.88 Å². The number of aliphatic hydroxyl groups excluding tert-OH is 3. The number of carboxylic acid groups (broad SMARTS) is 2. The normalized spacial score (nSPS) is 26.5. The summed E-state index contributed by atoms with van der Waals surface area (Å²) in [6, 6.07) is 7.14. The first-order chi connectivity index (χ1) is 15.6. The number of pyridine rings is 1. The van der Waals surface area contributed by atoms with Crippen molar-refractivity contribution < 1.29 is 40.2 Å². The third-order valence-electron chi connectivity index (χ3n) is 6.40. The number of hydrogen-bond acceptors (Lipinski definition) is 8. The van der Waals surface area contributed by atoms with Crippen molar-refractivity contribution in [2.24, 2.45) is 11.8 Å². The molecule has 6 unspecified atom stereocenters. The average Bonchev–Trinajstić information content (AvgIpc) is 2.82. The van der Waals surface area contributed by atoms with Gasteiger partial charge in [-0.15, -0.1) is 6.58 Å². The number of aliphatic carboxylic acids is 2. The van der Waals surface area contributed by atoms with E-state index in [1.807, 2.05) is 6.07 Å². The third-order valence-corrected chi connectivity index (χ3v) is 6.40. The van der Waals surface area contributed by atoms with Crippen molar-refractivity contribution in [3.8, 4) is 5.75 Å². The summed E-state index contributed by atoms with van der Waals surface area (Å²) in [5.74, 6) is -2.16. The lowest BCUT2D eigenvalue weighted by atomic mass is 9.73. The predicted octanol–water partition coefficient (Wildman–Crippen LogP) is 0.748. The molecule has 10 heteroatoms. The highest BCUT2D eigenvalue weighted by molar-refractivity contribution is 5.84. The van der Waals surface area contributed by atoms with Crippen LogP contribution in [0, 0.1) is 11.8 Å². The minimum Gasteiger partial charge on any atom is -0.508 e. The summed E-state index contributed by atoms with van der Waals surface area (Å²) < 4.78 is 0. The van der Waals surface area contributed by atoms with Gasteiger partial charge in [0.25, 0.3) is 0 Å². The predicted molar refractivity (Wildman–Crippen MR) is 117 cm³/mol. The van der Waals surface area contributed by atoms with E-state index in [4.69, 9.17) is 20.4 Å². The molecule has 1 aromatic heterocycles. The fourth-order valence-electron chi connectivity index (χ4n) is 4.60. The minimum absolute atomic E-state index is 0.137. The van der Waals surface area contributed by atoms with E-state index >= 15 is 0 Å². The first-order valence-corrected chi connectivity index (χ1v) is 10.6. The Bertz CT molecular complexity index is 1010. The third kappa shape index (κ3) is 5.31. The Kier molecular flexibility index (Phi) is 7.65. The lowest BCUT2D eigenvalue weighted by Crippen LogP contribution is -2.54. The zero-order chi connectivity index (χ0) is 24.3. The van der Waals surface area contributed by atoms with Gasteiger partial charge >= 0.3 is 11.9 Å². The van der Waals surface area contributed by atoms with Gasteiger partial charge in [-0.2, -0.15) is 0 Å². The topological polar surface area (TPSA) is 172 Å². The molecular weight excluding hydrogens is 432 g/mol. The number of carbonyl (C=O) groups is 2. The van der Waals surface area contributed by atoms with Crippen LogP contribution in [0.5, 0.6) is 5.75 Å².